The van der Waals surface area contributed by atoms with Gasteiger partial charge in [0, 0.05) is 17.7 Å². The van der Waals surface area contributed by atoms with E-state index in [1.807, 2.05) is 0 Å². The second-order valence-corrected chi connectivity index (χ2v) is 6.42. The Labute approximate surface area is 124 Å². The average Bonchev–Trinajstić information content (AvgIpc) is 2.68. The summed E-state index contributed by atoms with van der Waals surface area (Å²) in [6.07, 6.45) is -1.67. The van der Waals surface area contributed by atoms with Crippen molar-refractivity contribution in [2.24, 2.45) is 5.92 Å². The summed E-state index contributed by atoms with van der Waals surface area (Å²) in [5, 5.41) is 10.1. The number of H-pyrrole nitrogens is 1. The average molecular weight is 336 g/mol. The highest BCUT2D eigenvalue weighted by Crippen LogP contribution is 2.39. The summed E-state index contributed by atoms with van der Waals surface area (Å²) in [6.45, 7) is 2.60. The van der Waals surface area contributed by atoms with E-state index < -0.39 is 50.0 Å². The number of rotatable bonds is 4. The van der Waals surface area contributed by atoms with Crippen molar-refractivity contribution >= 4 is 7.82 Å². The van der Waals surface area contributed by atoms with Crippen LogP contribution in [0.1, 0.15) is 18.7 Å². The summed E-state index contributed by atoms with van der Waals surface area (Å²) in [5.41, 5.74) is -0.926. The van der Waals surface area contributed by atoms with Crippen LogP contribution >= 0.6 is 7.82 Å². The van der Waals surface area contributed by atoms with Gasteiger partial charge in [-0.15, -0.1) is 0 Å². The molecule has 1 saturated heterocycles. The van der Waals surface area contributed by atoms with Gasteiger partial charge < -0.3 is 19.6 Å². The molecule has 1 aliphatic heterocycles. The van der Waals surface area contributed by atoms with Gasteiger partial charge in [0.05, 0.1) is 12.7 Å². The smallest absolute Gasteiger partial charge is 0.390 e. The van der Waals surface area contributed by atoms with Gasteiger partial charge >= 0.3 is 13.5 Å². The fourth-order valence-corrected chi connectivity index (χ4v) is 2.63. The number of nitrogens with zero attached hydrogens (tertiary/aromatic N) is 1. The molecule has 4 atom stereocenters. The largest absolute Gasteiger partial charge is 0.469 e. The summed E-state index contributed by atoms with van der Waals surface area (Å²) in [4.78, 5) is 42.7. The lowest BCUT2D eigenvalue weighted by molar-refractivity contribution is -0.0469. The van der Waals surface area contributed by atoms with E-state index in [1.54, 1.807) is 6.92 Å². The molecule has 4 N–H and O–H groups in total. The second kappa shape index (κ2) is 6.07. The Morgan fingerprint density at radius 1 is 1.45 bits per heavy atom. The van der Waals surface area contributed by atoms with Gasteiger partial charge in [-0.1, -0.05) is 6.92 Å². The van der Waals surface area contributed by atoms with Gasteiger partial charge in [-0.25, -0.2) is 9.36 Å². The van der Waals surface area contributed by atoms with Gasteiger partial charge in [0.2, 0.25) is 0 Å². The van der Waals surface area contributed by atoms with Crippen molar-refractivity contribution in [1.82, 2.24) is 9.55 Å². The lowest BCUT2D eigenvalue weighted by Gasteiger charge is -2.18. The van der Waals surface area contributed by atoms with Crippen LogP contribution in [0.5, 0.6) is 0 Å². The van der Waals surface area contributed by atoms with Gasteiger partial charge in [-0.2, -0.15) is 0 Å². The molecule has 10 nitrogen and oxygen atoms in total. The molecule has 1 aliphatic rings. The van der Waals surface area contributed by atoms with Crippen molar-refractivity contribution < 1.29 is 28.7 Å². The molecular formula is C11H17N2O8P. The van der Waals surface area contributed by atoms with Crippen molar-refractivity contribution in [3.05, 3.63) is 32.6 Å². The van der Waals surface area contributed by atoms with Gasteiger partial charge in [0.25, 0.3) is 5.56 Å². The maximum Gasteiger partial charge on any atom is 0.469 e. The maximum atomic E-state index is 11.8. The number of aliphatic hydroxyl groups excluding tert-OH is 1. The standard InChI is InChI=1S/C11H17N2O8P/c1-5-3-13(11(16)12-9(5)15)10-6(2)8(14)7(21-10)4-20-22(17,18)19/h3,6-8,10,14H,4H2,1-2H3,(H,12,15,16)(H2,17,18,19)/t6-,7+,8-,10+/m0/s1. The van der Waals surface area contributed by atoms with Gasteiger partial charge in [-0.05, 0) is 6.92 Å². The minimum Gasteiger partial charge on any atom is -0.390 e. The molecule has 1 aromatic heterocycles. The van der Waals surface area contributed by atoms with E-state index in [-0.39, 0.29) is 0 Å². The Morgan fingerprint density at radius 3 is 2.68 bits per heavy atom. The van der Waals surface area contributed by atoms with Crippen molar-refractivity contribution in [1.29, 1.82) is 0 Å². The molecule has 2 heterocycles. The number of aliphatic hydroxyl groups is 1. The zero-order valence-corrected chi connectivity index (χ0v) is 12.8. The van der Waals surface area contributed by atoms with Crippen molar-refractivity contribution in [2.75, 3.05) is 6.61 Å². The van der Waals surface area contributed by atoms with Gasteiger partial charge in [0.15, 0.2) is 0 Å². The minimum atomic E-state index is -4.69. The Kier molecular flexibility index (Phi) is 4.71. The lowest BCUT2D eigenvalue weighted by atomic mass is 10.0. The van der Waals surface area contributed by atoms with Crippen LogP contribution in [0.15, 0.2) is 15.8 Å². The highest BCUT2D eigenvalue weighted by atomic mass is 31.2. The number of nitrogens with one attached hydrogen (secondary N) is 1. The number of ether oxygens (including phenoxy) is 1. The fourth-order valence-electron chi connectivity index (χ4n) is 2.29. The summed E-state index contributed by atoms with van der Waals surface area (Å²) in [5.74, 6) is -0.548. The van der Waals surface area contributed by atoms with Gasteiger partial charge in [0.1, 0.15) is 12.3 Å². The Bertz CT molecular complexity index is 707. The van der Waals surface area contributed by atoms with Crippen LogP contribution in [0.3, 0.4) is 0 Å². The third kappa shape index (κ3) is 3.54. The molecule has 124 valence electrons. The van der Waals surface area contributed by atoms with Crippen molar-refractivity contribution in [3.63, 3.8) is 0 Å². The number of aromatic nitrogens is 2. The Balaban J connectivity index is 2.23. The van der Waals surface area contributed by atoms with Gasteiger partial charge in [-0.3, -0.25) is 18.9 Å². The highest BCUT2D eigenvalue weighted by Gasteiger charge is 2.43. The SMILES string of the molecule is Cc1cn([C@@H]2O[C@H](COP(=O)(O)O)[C@@H](O)[C@@H]2C)c(=O)[nH]c1=O. The van der Waals surface area contributed by atoms with E-state index in [9.17, 15) is 19.3 Å². The molecule has 0 amide bonds. The molecule has 2 rings (SSSR count). The third-order valence-electron chi connectivity index (χ3n) is 3.51. The quantitative estimate of drug-likeness (QED) is 0.503. The first-order valence-electron chi connectivity index (χ1n) is 6.46. The number of aromatic amines is 1. The topological polar surface area (TPSA) is 151 Å². The first-order chi connectivity index (χ1) is 10.1. The Hall–Kier alpha value is -1.29. The van der Waals surface area contributed by atoms with E-state index >= 15 is 0 Å². The first-order valence-corrected chi connectivity index (χ1v) is 7.99. The lowest BCUT2D eigenvalue weighted by Crippen LogP contribution is -2.35. The van der Waals surface area contributed by atoms with E-state index in [0.29, 0.717) is 5.56 Å². The number of aryl methyl sites for hydroxylation is 1. The van der Waals surface area contributed by atoms with Crippen molar-refractivity contribution in [3.8, 4) is 0 Å². The molecule has 0 bridgehead atoms. The molecule has 0 saturated carbocycles. The molecule has 0 aromatic carbocycles. The third-order valence-corrected chi connectivity index (χ3v) is 4.00. The molecule has 11 heteroatoms. The van der Waals surface area contributed by atoms with E-state index in [2.05, 4.69) is 9.51 Å². The fraction of sp³-hybridized carbons (Fsp3) is 0.636. The predicted octanol–water partition coefficient (Wildman–Crippen LogP) is -1.15. The number of hydrogen-bond donors (Lipinski definition) is 4. The molecule has 0 radical (unpaired) electrons. The van der Waals surface area contributed by atoms with Crippen LogP contribution in [-0.2, 0) is 13.8 Å². The minimum absolute atomic E-state index is 0.291. The molecule has 0 unspecified atom stereocenters. The van der Waals surface area contributed by atoms with Crippen LogP contribution < -0.4 is 11.2 Å². The van der Waals surface area contributed by atoms with Crippen LogP contribution in [0, 0.1) is 12.8 Å². The summed E-state index contributed by atoms with van der Waals surface area (Å²) >= 11 is 0. The predicted molar refractivity (Wildman–Crippen MR) is 73.1 cm³/mol. The van der Waals surface area contributed by atoms with E-state index in [1.165, 1.54) is 13.1 Å². The summed E-state index contributed by atoms with van der Waals surface area (Å²) in [6, 6.07) is 0. The van der Waals surface area contributed by atoms with Crippen LogP contribution in [0.2, 0.25) is 0 Å². The molecule has 1 fully saturated rings. The summed E-state index contributed by atoms with van der Waals surface area (Å²) < 4.78 is 21.6. The summed E-state index contributed by atoms with van der Waals surface area (Å²) in [7, 11) is -4.69. The molecule has 1 aromatic rings. The maximum absolute atomic E-state index is 11.8. The molecule has 0 spiro atoms. The molecule has 22 heavy (non-hydrogen) atoms. The monoisotopic (exact) mass is 336 g/mol. The molecule has 0 aliphatic carbocycles. The van der Waals surface area contributed by atoms with E-state index in [0.717, 1.165) is 4.57 Å². The highest BCUT2D eigenvalue weighted by molar-refractivity contribution is 7.46. The first kappa shape index (κ1) is 17.1. The normalized spacial score (nSPS) is 29.0. The number of hydrogen-bond acceptors (Lipinski definition) is 6. The molecular weight excluding hydrogens is 319 g/mol. The van der Waals surface area contributed by atoms with Crippen molar-refractivity contribution in [2.45, 2.75) is 32.3 Å². The Morgan fingerprint density at radius 2 is 2.09 bits per heavy atom. The van der Waals surface area contributed by atoms with Crippen LogP contribution in [-0.4, -0.2) is 43.3 Å². The van der Waals surface area contributed by atoms with E-state index in [4.69, 9.17) is 14.5 Å². The zero-order chi connectivity index (χ0) is 16.7. The number of phosphoric acid groups is 1. The zero-order valence-electron chi connectivity index (χ0n) is 11.9. The number of phosphoric ester groups is 1. The van der Waals surface area contributed by atoms with Crippen LogP contribution in [0.25, 0.3) is 0 Å². The second-order valence-electron chi connectivity index (χ2n) is 5.18. The van der Waals surface area contributed by atoms with Crippen LogP contribution in [0.4, 0.5) is 0 Å².